The van der Waals surface area contributed by atoms with Gasteiger partial charge in [0.1, 0.15) is 0 Å². The van der Waals surface area contributed by atoms with Crippen molar-refractivity contribution in [3.8, 4) is 0 Å². The summed E-state index contributed by atoms with van der Waals surface area (Å²) in [5.41, 5.74) is 1.35. The van der Waals surface area contributed by atoms with Crippen LogP contribution in [0.2, 0.25) is 0 Å². The molecule has 8 atom stereocenters. The van der Waals surface area contributed by atoms with Crippen LogP contribution in [0.15, 0.2) is 12.7 Å². The first-order valence-corrected chi connectivity index (χ1v) is 10.7. The Bertz CT molecular complexity index is 465. The van der Waals surface area contributed by atoms with Gasteiger partial charge in [-0.25, -0.2) is 0 Å². The van der Waals surface area contributed by atoms with Crippen molar-refractivity contribution in [2.24, 2.45) is 46.3 Å². The summed E-state index contributed by atoms with van der Waals surface area (Å²) >= 11 is 0. The third-order valence-corrected chi connectivity index (χ3v) is 9.73. The molecule has 130 valence electrons. The molecule has 4 rings (SSSR count). The molecule has 0 heteroatoms. The normalized spacial score (nSPS) is 55.6. The van der Waals surface area contributed by atoms with Gasteiger partial charge in [-0.05, 0) is 104 Å². The van der Waals surface area contributed by atoms with E-state index in [0.29, 0.717) is 10.8 Å². The van der Waals surface area contributed by atoms with Gasteiger partial charge in [-0.1, -0.05) is 33.3 Å². The van der Waals surface area contributed by atoms with Gasteiger partial charge >= 0.3 is 0 Å². The van der Waals surface area contributed by atoms with Crippen molar-refractivity contribution in [1.82, 2.24) is 0 Å². The van der Waals surface area contributed by atoms with Crippen molar-refractivity contribution >= 4 is 0 Å². The lowest BCUT2D eigenvalue weighted by Gasteiger charge is -2.61. The van der Waals surface area contributed by atoms with Crippen LogP contribution < -0.4 is 0 Å². The predicted octanol–water partition coefficient (Wildman–Crippen LogP) is 6.86. The average molecular weight is 315 g/mol. The molecular weight excluding hydrogens is 276 g/mol. The highest BCUT2D eigenvalue weighted by Crippen LogP contribution is 2.68. The number of rotatable bonds is 2. The van der Waals surface area contributed by atoms with Gasteiger partial charge in [0, 0.05) is 0 Å². The number of hydrogen-bond donors (Lipinski definition) is 0. The van der Waals surface area contributed by atoms with Crippen molar-refractivity contribution in [2.75, 3.05) is 0 Å². The minimum Gasteiger partial charge on any atom is -0.103 e. The highest BCUT2D eigenvalue weighted by Gasteiger charge is 2.59. The molecule has 0 radical (unpaired) electrons. The summed E-state index contributed by atoms with van der Waals surface area (Å²) in [5.74, 6) is 5.99. The molecule has 2 unspecified atom stereocenters. The maximum absolute atomic E-state index is 4.10. The Hall–Kier alpha value is -0.260. The van der Waals surface area contributed by atoms with Crippen LogP contribution in [0.4, 0.5) is 0 Å². The highest BCUT2D eigenvalue weighted by molar-refractivity contribution is 5.09. The third-order valence-electron chi connectivity index (χ3n) is 9.73. The molecule has 0 aromatic rings. The summed E-state index contributed by atoms with van der Waals surface area (Å²) in [6.45, 7) is 11.9. The molecule has 0 N–H and O–H groups in total. The van der Waals surface area contributed by atoms with Crippen molar-refractivity contribution in [3.05, 3.63) is 12.7 Å². The van der Waals surface area contributed by atoms with Gasteiger partial charge < -0.3 is 0 Å². The van der Waals surface area contributed by atoms with Crippen molar-refractivity contribution in [1.29, 1.82) is 0 Å². The molecule has 0 amide bonds. The van der Waals surface area contributed by atoms with Crippen LogP contribution in [0.3, 0.4) is 0 Å². The molecule has 0 nitrogen and oxygen atoms in total. The summed E-state index contributed by atoms with van der Waals surface area (Å²) in [6.07, 6.45) is 17.2. The predicted molar refractivity (Wildman–Crippen MR) is 99.2 cm³/mol. The monoisotopic (exact) mass is 314 g/mol. The van der Waals surface area contributed by atoms with Crippen molar-refractivity contribution < 1.29 is 0 Å². The Morgan fingerprint density at radius 2 is 1.65 bits per heavy atom. The zero-order valence-electron chi connectivity index (χ0n) is 15.8. The smallest absolute Gasteiger partial charge is 0.0233 e. The maximum atomic E-state index is 4.10. The van der Waals surface area contributed by atoms with Crippen molar-refractivity contribution in [2.45, 2.75) is 85.0 Å². The molecule has 0 aromatic carbocycles. The number of fused-ring (bicyclic) bond motifs is 5. The van der Waals surface area contributed by atoms with E-state index in [1.54, 1.807) is 19.3 Å². The van der Waals surface area contributed by atoms with Gasteiger partial charge in [-0.3, -0.25) is 0 Å². The zero-order valence-corrected chi connectivity index (χ0v) is 15.8. The quantitative estimate of drug-likeness (QED) is 0.488. The van der Waals surface area contributed by atoms with Crippen LogP contribution in [0.5, 0.6) is 0 Å². The fourth-order valence-electron chi connectivity index (χ4n) is 8.28. The van der Waals surface area contributed by atoms with Crippen LogP contribution in [-0.2, 0) is 0 Å². The Labute approximate surface area is 144 Å². The van der Waals surface area contributed by atoms with Gasteiger partial charge in [0.25, 0.3) is 0 Å². The second-order valence-corrected chi connectivity index (χ2v) is 10.2. The molecule has 0 aliphatic heterocycles. The van der Waals surface area contributed by atoms with Crippen LogP contribution in [-0.4, -0.2) is 0 Å². The lowest BCUT2D eigenvalue weighted by Crippen LogP contribution is -2.53. The summed E-state index contributed by atoms with van der Waals surface area (Å²) in [6, 6.07) is 0. The second-order valence-electron chi connectivity index (χ2n) is 10.2. The first-order chi connectivity index (χ1) is 11.0. The molecule has 4 aliphatic carbocycles. The maximum Gasteiger partial charge on any atom is -0.0233 e. The van der Waals surface area contributed by atoms with Gasteiger partial charge in [-0.2, -0.15) is 0 Å². The minimum atomic E-state index is 0.661. The summed E-state index contributed by atoms with van der Waals surface area (Å²) in [7, 11) is 0. The lowest BCUT2D eigenvalue weighted by atomic mass is 9.44. The van der Waals surface area contributed by atoms with E-state index in [9.17, 15) is 0 Å². The largest absolute Gasteiger partial charge is 0.103 e. The first kappa shape index (κ1) is 16.2. The van der Waals surface area contributed by atoms with E-state index in [1.165, 1.54) is 44.9 Å². The number of allylic oxidation sites excluding steroid dienone is 1. The Morgan fingerprint density at radius 1 is 0.913 bits per heavy atom. The van der Waals surface area contributed by atoms with Gasteiger partial charge in [-0.15, -0.1) is 6.58 Å². The SMILES string of the molecule is C=CC1CC[C@@]2(C)C(CC[C@H]3[C@@H]4CC[C@H](CC)[C@@]4(C)CC[C@@H]32)C1. The molecule has 4 saturated carbocycles. The van der Waals surface area contributed by atoms with Crippen molar-refractivity contribution in [3.63, 3.8) is 0 Å². The van der Waals surface area contributed by atoms with E-state index < -0.39 is 0 Å². The average Bonchev–Trinajstić information content (AvgIpc) is 2.90. The lowest BCUT2D eigenvalue weighted by molar-refractivity contribution is -0.115. The highest BCUT2D eigenvalue weighted by atomic mass is 14.6. The molecule has 0 heterocycles. The third kappa shape index (κ3) is 2.22. The molecule has 23 heavy (non-hydrogen) atoms. The van der Waals surface area contributed by atoms with Crippen LogP contribution in [0.1, 0.15) is 85.0 Å². The van der Waals surface area contributed by atoms with E-state index >= 15 is 0 Å². The van der Waals surface area contributed by atoms with Crippen LogP contribution >= 0.6 is 0 Å². The Morgan fingerprint density at radius 3 is 2.39 bits per heavy atom. The van der Waals surface area contributed by atoms with E-state index in [2.05, 4.69) is 33.4 Å². The summed E-state index contributed by atoms with van der Waals surface area (Å²) < 4.78 is 0. The molecule has 0 aromatic heterocycles. The zero-order chi connectivity index (χ0) is 16.2. The van der Waals surface area contributed by atoms with Gasteiger partial charge in [0.15, 0.2) is 0 Å². The van der Waals surface area contributed by atoms with Gasteiger partial charge in [0.2, 0.25) is 0 Å². The molecule has 4 aliphatic rings. The fraction of sp³-hybridized carbons (Fsp3) is 0.913. The summed E-state index contributed by atoms with van der Waals surface area (Å²) in [5, 5.41) is 0. The van der Waals surface area contributed by atoms with Gasteiger partial charge in [0.05, 0.1) is 0 Å². The van der Waals surface area contributed by atoms with E-state index in [1.807, 2.05) is 0 Å². The summed E-state index contributed by atoms with van der Waals surface area (Å²) in [4.78, 5) is 0. The number of hydrogen-bond acceptors (Lipinski definition) is 0. The molecule has 0 spiro atoms. The standard InChI is InChI=1S/C23H38/c1-5-16-11-13-23(4)18(15-16)7-9-19-20-10-8-17(6-2)22(20,3)14-12-21(19)23/h5,16-21H,1,6-15H2,2-4H3/t16?,17-,18?,19-,20-,21-,22+,23-/m0/s1. The minimum absolute atomic E-state index is 0.661. The first-order valence-electron chi connectivity index (χ1n) is 10.7. The van der Waals surface area contributed by atoms with Crippen LogP contribution in [0, 0.1) is 46.3 Å². The molecule has 4 fully saturated rings. The topological polar surface area (TPSA) is 0 Å². The molecular formula is C23H38. The van der Waals surface area contributed by atoms with E-state index in [0.717, 1.165) is 35.5 Å². The Kier molecular flexibility index (Phi) is 3.97. The van der Waals surface area contributed by atoms with E-state index in [-0.39, 0.29) is 0 Å². The Balaban J connectivity index is 1.59. The fourth-order valence-corrected chi connectivity index (χ4v) is 8.28. The molecule has 0 bridgehead atoms. The molecule has 0 saturated heterocycles. The van der Waals surface area contributed by atoms with Crippen LogP contribution in [0.25, 0.3) is 0 Å². The second kappa shape index (κ2) is 5.63. The van der Waals surface area contributed by atoms with E-state index in [4.69, 9.17) is 0 Å².